The molecule has 0 amide bonds. The highest BCUT2D eigenvalue weighted by atomic mass is 14.9. The van der Waals surface area contributed by atoms with E-state index in [2.05, 4.69) is 34.2 Å². The summed E-state index contributed by atoms with van der Waals surface area (Å²) in [5.74, 6) is 0.231. The number of nitrogens with one attached hydrogen (secondary N) is 1. The predicted molar refractivity (Wildman–Crippen MR) is 95.3 cm³/mol. The summed E-state index contributed by atoms with van der Waals surface area (Å²) < 4.78 is 0. The van der Waals surface area contributed by atoms with E-state index in [1.54, 1.807) is 6.33 Å². The molecular weight excluding hydrogens is 284 g/mol. The SMILES string of the molecule is Cc1cc(C(Cc2cnc[nH]2)c2ccc(N)c(C)c2)ccc1N. The van der Waals surface area contributed by atoms with E-state index in [1.165, 1.54) is 11.1 Å². The van der Waals surface area contributed by atoms with E-state index in [9.17, 15) is 0 Å². The van der Waals surface area contributed by atoms with E-state index in [1.807, 2.05) is 32.2 Å². The molecule has 0 bridgehead atoms. The average molecular weight is 306 g/mol. The molecule has 0 saturated heterocycles. The molecule has 0 aliphatic rings. The lowest BCUT2D eigenvalue weighted by Gasteiger charge is -2.19. The summed E-state index contributed by atoms with van der Waals surface area (Å²) in [6.45, 7) is 4.08. The highest BCUT2D eigenvalue weighted by Gasteiger charge is 2.17. The van der Waals surface area contributed by atoms with Crippen LogP contribution in [-0.4, -0.2) is 9.97 Å². The van der Waals surface area contributed by atoms with Crippen LogP contribution in [0.5, 0.6) is 0 Å². The third-order valence-electron chi connectivity index (χ3n) is 4.37. The maximum absolute atomic E-state index is 5.97. The fraction of sp³-hybridized carbons (Fsp3) is 0.211. The Kier molecular flexibility index (Phi) is 4.06. The summed E-state index contributed by atoms with van der Waals surface area (Å²) in [5.41, 5.74) is 19.4. The molecule has 0 atom stereocenters. The van der Waals surface area contributed by atoms with Gasteiger partial charge in [-0.05, 0) is 54.7 Å². The van der Waals surface area contributed by atoms with E-state index < -0.39 is 0 Å². The Morgan fingerprint density at radius 1 is 0.957 bits per heavy atom. The second-order valence-corrected chi connectivity index (χ2v) is 6.07. The van der Waals surface area contributed by atoms with Crippen LogP contribution in [0.25, 0.3) is 0 Å². The zero-order valence-corrected chi connectivity index (χ0v) is 13.5. The van der Waals surface area contributed by atoms with Crippen LogP contribution < -0.4 is 11.5 Å². The van der Waals surface area contributed by atoms with Gasteiger partial charge in [-0.1, -0.05) is 24.3 Å². The molecule has 5 N–H and O–H groups in total. The highest BCUT2D eigenvalue weighted by molar-refractivity contribution is 5.52. The molecule has 0 radical (unpaired) electrons. The van der Waals surface area contributed by atoms with Crippen LogP contribution in [0.2, 0.25) is 0 Å². The van der Waals surface area contributed by atoms with Gasteiger partial charge < -0.3 is 16.5 Å². The molecule has 4 heteroatoms. The first-order valence-corrected chi connectivity index (χ1v) is 7.74. The van der Waals surface area contributed by atoms with Crippen molar-refractivity contribution in [2.45, 2.75) is 26.2 Å². The summed E-state index contributed by atoms with van der Waals surface area (Å²) in [6.07, 6.45) is 4.45. The maximum Gasteiger partial charge on any atom is 0.0921 e. The maximum atomic E-state index is 5.97. The molecule has 23 heavy (non-hydrogen) atoms. The lowest BCUT2D eigenvalue weighted by atomic mass is 9.86. The lowest BCUT2D eigenvalue weighted by molar-refractivity contribution is 0.786. The number of nitrogen functional groups attached to an aromatic ring is 2. The molecular formula is C19H22N4. The van der Waals surface area contributed by atoms with E-state index in [4.69, 9.17) is 11.5 Å². The van der Waals surface area contributed by atoms with Crippen LogP contribution in [0.3, 0.4) is 0 Å². The minimum Gasteiger partial charge on any atom is -0.399 e. The number of anilines is 2. The minimum atomic E-state index is 0.231. The van der Waals surface area contributed by atoms with Crippen molar-refractivity contribution in [2.24, 2.45) is 0 Å². The number of H-pyrrole nitrogens is 1. The molecule has 0 aliphatic heterocycles. The number of aromatic amines is 1. The topological polar surface area (TPSA) is 80.7 Å². The minimum absolute atomic E-state index is 0.231. The van der Waals surface area contributed by atoms with Crippen LogP contribution in [0.1, 0.15) is 33.9 Å². The smallest absolute Gasteiger partial charge is 0.0921 e. The number of rotatable bonds is 4. The van der Waals surface area contributed by atoms with Crippen LogP contribution >= 0.6 is 0 Å². The zero-order valence-electron chi connectivity index (χ0n) is 13.5. The van der Waals surface area contributed by atoms with Gasteiger partial charge in [-0.15, -0.1) is 0 Å². The van der Waals surface area contributed by atoms with Gasteiger partial charge in [0.25, 0.3) is 0 Å². The number of benzene rings is 2. The van der Waals surface area contributed by atoms with Gasteiger partial charge in [0.15, 0.2) is 0 Å². The van der Waals surface area contributed by atoms with Crippen molar-refractivity contribution < 1.29 is 0 Å². The van der Waals surface area contributed by atoms with Crippen LogP contribution in [0.4, 0.5) is 11.4 Å². The van der Waals surface area contributed by atoms with E-state index >= 15 is 0 Å². The Labute approximate surface area is 136 Å². The van der Waals surface area contributed by atoms with Crippen molar-refractivity contribution in [1.29, 1.82) is 0 Å². The van der Waals surface area contributed by atoms with Crippen molar-refractivity contribution in [1.82, 2.24) is 9.97 Å². The fourth-order valence-corrected chi connectivity index (χ4v) is 2.88. The van der Waals surface area contributed by atoms with Crippen molar-refractivity contribution in [3.63, 3.8) is 0 Å². The number of aromatic nitrogens is 2. The quantitative estimate of drug-likeness (QED) is 0.645. The molecule has 1 heterocycles. The molecule has 1 aromatic heterocycles. The molecule has 3 aromatic rings. The summed E-state index contributed by atoms with van der Waals surface area (Å²) in [4.78, 5) is 7.33. The first-order chi connectivity index (χ1) is 11.0. The van der Waals surface area contributed by atoms with Gasteiger partial charge in [0.1, 0.15) is 0 Å². The first kappa shape index (κ1) is 15.2. The standard InChI is InChI=1S/C19H22N4/c1-12-7-14(3-5-18(12)20)17(9-16-10-22-11-23-16)15-4-6-19(21)13(2)8-15/h3-8,10-11,17H,9,20-21H2,1-2H3,(H,22,23). The second kappa shape index (κ2) is 6.16. The van der Waals surface area contributed by atoms with Crippen molar-refractivity contribution >= 4 is 11.4 Å². The van der Waals surface area contributed by atoms with Gasteiger partial charge in [-0.25, -0.2) is 4.98 Å². The normalized spacial score (nSPS) is 11.1. The molecule has 3 rings (SSSR count). The van der Waals surface area contributed by atoms with Crippen molar-refractivity contribution in [3.8, 4) is 0 Å². The zero-order chi connectivity index (χ0) is 16.4. The largest absolute Gasteiger partial charge is 0.399 e. The molecule has 0 spiro atoms. The molecule has 0 aliphatic carbocycles. The third-order valence-corrected chi connectivity index (χ3v) is 4.37. The van der Waals surface area contributed by atoms with Gasteiger partial charge in [0.2, 0.25) is 0 Å². The predicted octanol–water partition coefficient (Wildman–Crippen LogP) is 3.57. The Hall–Kier alpha value is -2.75. The van der Waals surface area contributed by atoms with Crippen LogP contribution in [0, 0.1) is 13.8 Å². The van der Waals surface area contributed by atoms with E-state index in [0.29, 0.717) is 0 Å². The Balaban J connectivity index is 2.05. The first-order valence-electron chi connectivity index (χ1n) is 7.74. The van der Waals surface area contributed by atoms with Crippen LogP contribution in [-0.2, 0) is 6.42 Å². The number of nitrogens with zero attached hydrogens (tertiary/aromatic N) is 1. The lowest BCUT2D eigenvalue weighted by Crippen LogP contribution is -2.07. The highest BCUT2D eigenvalue weighted by Crippen LogP contribution is 2.31. The number of hydrogen-bond donors (Lipinski definition) is 3. The Morgan fingerprint density at radius 3 is 1.96 bits per heavy atom. The summed E-state index contributed by atoms with van der Waals surface area (Å²) in [7, 11) is 0. The van der Waals surface area contributed by atoms with Gasteiger partial charge in [0.05, 0.1) is 6.33 Å². The molecule has 0 saturated carbocycles. The average Bonchev–Trinajstić information content (AvgIpc) is 3.04. The van der Waals surface area contributed by atoms with Gasteiger partial charge >= 0.3 is 0 Å². The molecule has 2 aromatic carbocycles. The Morgan fingerprint density at radius 2 is 1.52 bits per heavy atom. The number of nitrogens with two attached hydrogens (primary N) is 2. The van der Waals surface area contributed by atoms with E-state index in [0.717, 1.165) is 34.6 Å². The van der Waals surface area contributed by atoms with Gasteiger partial charge in [-0.2, -0.15) is 0 Å². The molecule has 118 valence electrons. The van der Waals surface area contributed by atoms with Crippen LogP contribution in [0.15, 0.2) is 48.9 Å². The fourth-order valence-electron chi connectivity index (χ4n) is 2.88. The Bertz CT molecular complexity index is 755. The molecule has 4 nitrogen and oxygen atoms in total. The molecule has 0 unspecified atom stereocenters. The van der Waals surface area contributed by atoms with E-state index in [-0.39, 0.29) is 5.92 Å². The third kappa shape index (κ3) is 3.21. The summed E-state index contributed by atoms with van der Waals surface area (Å²) in [6, 6.07) is 12.5. The van der Waals surface area contributed by atoms with Gasteiger partial charge in [-0.3, -0.25) is 0 Å². The van der Waals surface area contributed by atoms with Gasteiger partial charge in [0, 0.05) is 29.2 Å². The molecule has 0 fully saturated rings. The second-order valence-electron chi connectivity index (χ2n) is 6.07. The summed E-state index contributed by atoms with van der Waals surface area (Å²) >= 11 is 0. The number of imidazole rings is 1. The van der Waals surface area contributed by atoms with Crippen molar-refractivity contribution in [2.75, 3.05) is 11.5 Å². The van der Waals surface area contributed by atoms with Crippen molar-refractivity contribution in [3.05, 3.63) is 76.9 Å². The summed E-state index contributed by atoms with van der Waals surface area (Å²) in [5, 5.41) is 0. The number of hydrogen-bond acceptors (Lipinski definition) is 3. The monoisotopic (exact) mass is 306 g/mol. The number of aryl methyl sites for hydroxylation is 2.